The van der Waals surface area contributed by atoms with E-state index in [2.05, 4.69) is 31.4 Å². The van der Waals surface area contributed by atoms with E-state index in [1.807, 2.05) is 74.7 Å². The molecule has 35 heavy (non-hydrogen) atoms. The summed E-state index contributed by atoms with van der Waals surface area (Å²) in [5, 5.41) is 10.7. The van der Waals surface area contributed by atoms with Crippen LogP contribution in [-0.2, 0) is 10.2 Å². The Kier molecular flexibility index (Phi) is 8.62. The number of aromatic nitrogens is 2. The van der Waals surface area contributed by atoms with Crippen LogP contribution < -0.4 is 10.6 Å². The average Bonchev–Trinajstić information content (AvgIpc) is 3.23. The van der Waals surface area contributed by atoms with Crippen LogP contribution in [-0.4, -0.2) is 46.0 Å². The molecule has 0 aliphatic heterocycles. The van der Waals surface area contributed by atoms with Crippen LogP contribution in [0.5, 0.6) is 0 Å². The van der Waals surface area contributed by atoms with E-state index in [9.17, 15) is 9.59 Å². The van der Waals surface area contributed by atoms with Crippen molar-refractivity contribution >= 4 is 35.2 Å². The summed E-state index contributed by atoms with van der Waals surface area (Å²) in [5.74, 6) is 0.306. The molecule has 0 atom stereocenters. The Morgan fingerprint density at radius 2 is 1.74 bits per heavy atom. The predicted octanol–water partition coefficient (Wildman–Crippen LogP) is 6.08. The molecular formula is C27H35N5O2S. The van der Waals surface area contributed by atoms with Crippen molar-refractivity contribution in [3.63, 3.8) is 0 Å². The monoisotopic (exact) mass is 493 g/mol. The smallest absolute Gasteiger partial charge is 0.315 e. The van der Waals surface area contributed by atoms with Gasteiger partial charge in [0, 0.05) is 28.6 Å². The number of carbonyl (C=O) groups excluding carboxylic acids is 2. The molecule has 1 heterocycles. The summed E-state index contributed by atoms with van der Waals surface area (Å²) in [4.78, 5) is 28.7. The van der Waals surface area contributed by atoms with Crippen LogP contribution in [0.15, 0.2) is 59.5 Å². The average molecular weight is 494 g/mol. The molecule has 3 aromatic rings. The van der Waals surface area contributed by atoms with E-state index in [-0.39, 0.29) is 23.9 Å². The van der Waals surface area contributed by atoms with Crippen molar-refractivity contribution in [3.8, 4) is 5.69 Å². The standard InChI is InChI=1S/C27H35N5O2S/c1-7-16-31(26(34)28-20-12-14-21(35-6)15-13-20)18-25(33)29-24-17-23(27(3,4)5)30-32(24)22-11-9-8-10-19(22)2/h8-15,17H,7,16,18H2,1-6H3,(H,28,34)(H,29,33). The SMILES string of the molecule is CCCN(CC(=O)Nc1cc(C(C)(C)C)nn1-c1ccccc1C)C(=O)Nc1ccc(SC)cc1. The molecule has 2 aromatic carbocycles. The second-order valence-electron chi connectivity index (χ2n) is 9.49. The molecule has 8 heteroatoms. The van der Waals surface area contributed by atoms with E-state index >= 15 is 0 Å². The number of carbonyl (C=O) groups is 2. The number of urea groups is 1. The lowest BCUT2D eigenvalue weighted by Crippen LogP contribution is -2.41. The third-order valence-electron chi connectivity index (χ3n) is 5.55. The number of amides is 3. The summed E-state index contributed by atoms with van der Waals surface area (Å²) in [5.41, 5.74) is 3.32. The first-order valence-electron chi connectivity index (χ1n) is 11.8. The summed E-state index contributed by atoms with van der Waals surface area (Å²) >= 11 is 1.64. The zero-order valence-corrected chi connectivity index (χ0v) is 22.2. The van der Waals surface area contributed by atoms with E-state index in [0.717, 1.165) is 28.3 Å². The number of nitrogens with one attached hydrogen (secondary N) is 2. The van der Waals surface area contributed by atoms with Crippen LogP contribution in [0.3, 0.4) is 0 Å². The number of para-hydroxylation sites is 1. The minimum atomic E-state index is -0.304. The van der Waals surface area contributed by atoms with Crippen molar-refractivity contribution in [2.24, 2.45) is 0 Å². The third kappa shape index (κ3) is 6.88. The van der Waals surface area contributed by atoms with Crippen molar-refractivity contribution in [2.45, 2.75) is 51.3 Å². The van der Waals surface area contributed by atoms with Gasteiger partial charge in [0.15, 0.2) is 0 Å². The number of anilines is 2. The third-order valence-corrected chi connectivity index (χ3v) is 6.29. The number of thioether (sulfide) groups is 1. The van der Waals surface area contributed by atoms with Gasteiger partial charge in [-0.15, -0.1) is 11.8 Å². The molecule has 0 unspecified atom stereocenters. The molecule has 0 bridgehead atoms. The van der Waals surface area contributed by atoms with Gasteiger partial charge in [-0.3, -0.25) is 4.79 Å². The summed E-state index contributed by atoms with van der Waals surface area (Å²) < 4.78 is 1.77. The molecular weight excluding hydrogens is 458 g/mol. The first-order valence-corrected chi connectivity index (χ1v) is 13.0. The van der Waals surface area contributed by atoms with Crippen LogP contribution >= 0.6 is 11.8 Å². The first-order chi connectivity index (χ1) is 16.6. The van der Waals surface area contributed by atoms with E-state index in [4.69, 9.17) is 5.10 Å². The fourth-order valence-electron chi connectivity index (χ4n) is 3.58. The van der Waals surface area contributed by atoms with Crippen molar-refractivity contribution in [1.29, 1.82) is 0 Å². The lowest BCUT2D eigenvalue weighted by atomic mass is 9.92. The zero-order valence-electron chi connectivity index (χ0n) is 21.4. The maximum Gasteiger partial charge on any atom is 0.322 e. The van der Waals surface area contributed by atoms with Gasteiger partial charge in [-0.25, -0.2) is 9.48 Å². The van der Waals surface area contributed by atoms with Gasteiger partial charge in [0.1, 0.15) is 12.4 Å². The largest absolute Gasteiger partial charge is 0.322 e. The fraction of sp³-hybridized carbons (Fsp3) is 0.370. The lowest BCUT2D eigenvalue weighted by molar-refractivity contribution is -0.116. The number of benzene rings is 2. The Morgan fingerprint density at radius 3 is 2.34 bits per heavy atom. The van der Waals surface area contributed by atoms with Crippen LogP contribution in [0.1, 0.15) is 45.4 Å². The van der Waals surface area contributed by atoms with Crippen LogP contribution in [0, 0.1) is 6.92 Å². The Balaban J connectivity index is 1.78. The van der Waals surface area contributed by atoms with E-state index in [0.29, 0.717) is 18.1 Å². The highest BCUT2D eigenvalue weighted by Crippen LogP contribution is 2.27. The molecule has 7 nitrogen and oxygen atoms in total. The minimum absolute atomic E-state index is 0.0631. The molecule has 0 radical (unpaired) electrons. The van der Waals surface area contributed by atoms with Crippen molar-refractivity contribution in [1.82, 2.24) is 14.7 Å². The minimum Gasteiger partial charge on any atom is -0.315 e. The summed E-state index contributed by atoms with van der Waals surface area (Å²) in [6.07, 6.45) is 2.74. The number of aryl methyl sites for hydroxylation is 1. The molecule has 186 valence electrons. The Morgan fingerprint density at radius 1 is 1.06 bits per heavy atom. The van der Waals surface area contributed by atoms with Gasteiger partial charge in [0.25, 0.3) is 0 Å². The second-order valence-corrected chi connectivity index (χ2v) is 10.4. The number of hydrogen-bond donors (Lipinski definition) is 2. The normalized spacial score (nSPS) is 11.3. The second kappa shape index (κ2) is 11.4. The molecule has 0 fully saturated rings. The molecule has 2 N–H and O–H groups in total. The van der Waals surface area contributed by atoms with Crippen molar-refractivity contribution < 1.29 is 9.59 Å². The van der Waals surface area contributed by atoms with Gasteiger partial charge in [0.2, 0.25) is 5.91 Å². The molecule has 0 saturated carbocycles. The Hall–Kier alpha value is -3.26. The van der Waals surface area contributed by atoms with Crippen LogP contribution in [0.25, 0.3) is 5.69 Å². The van der Waals surface area contributed by atoms with Gasteiger partial charge in [-0.2, -0.15) is 5.10 Å². The quantitative estimate of drug-likeness (QED) is 0.373. The highest BCUT2D eigenvalue weighted by molar-refractivity contribution is 7.98. The van der Waals surface area contributed by atoms with Gasteiger partial charge >= 0.3 is 6.03 Å². The summed E-state index contributed by atoms with van der Waals surface area (Å²) in [7, 11) is 0. The lowest BCUT2D eigenvalue weighted by Gasteiger charge is -2.22. The molecule has 0 saturated heterocycles. The Labute approximate surface area is 212 Å². The van der Waals surface area contributed by atoms with Gasteiger partial charge in [-0.1, -0.05) is 45.9 Å². The first kappa shape index (κ1) is 26.3. The van der Waals surface area contributed by atoms with Crippen LogP contribution in [0.2, 0.25) is 0 Å². The van der Waals surface area contributed by atoms with Crippen molar-refractivity contribution in [2.75, 3.05) is 30.0 Å². The number of nitrogens with zero attached hydrogens (tertiary/aromatic N) is 3. The molecule has 3 amide bonds. The summed E-state index contributed by atoms with van der Waals surface area (Å²) in [6.45, 7) is 10.7. The molecule has 0 aliphatic rings. The van der Waals surface area contributed by atoms with Crippen LogP contribution in [0.4, 0.5) is 16.3 Å². The zero-order chi connectivity index (χ0) is 25.6. The van der Waals surface area contributed by atoms with Gasteiger partial charge < -0.3 is 15.5 Å². The van der Waals surface area contributed by atoms with Gasteiger partial charge in [-0.05, 0) is 55.5 Å². The highest BCUT2D eigenvalue weighted by atomic mass is 32.2. The topological polar surface area (TPSA) is 79.3 Å². The molecule has 0 aliphatic carbocycles. The molecule has 0 spiro atoms. The Bertz CT molecular complexity index is 1170. The molecule has 3 rings (SSSR count). The summed E-state index contributed by atoms with van der Waals surface area (Å²) in [6, 6.07) is 17.1. The highest BCUT2D eigenvalue weighted by Gasteiger charge is 2.23. The van der Waals surface area contributed by atoms with Gasteiger partial charge in [0.05, 0.1) is 11.4 Å². The molecule has 1 aromatic heterocycles. The maximum atomic E-state index is 13.1. The fourth-order valence-corrected chi connectivity index (χ4v) is 3.98. The number of rotatable bonds is 8. The van der Waals surface area contributed by atoms with E-state index < -0.39 is 0 Å². The van der Waals surface area contributed by atoms with E-state index in [1.54, 1.807) is 16.4 Å². The maximum absolute atomic E-state index is 13.1. The van der Waals surface area contributed by atoms with Crippen molar-refractivity contribution in [3.05, 3.63) is 65.9 Å². The number of hydrogen-bond acceptors (Lipinski definition) is 4. The predicted molar refractivity (Wildman–Crippen MR) is 145 cm³/mol. The van der Waals surface area contributed by atoms with E-state index in [1.165, 1.54) is 4.90 Å².